The molecule has 0 unspecified atom stereocenters. The molecule has 1 rings (SSSR count). The van der Waals surface area contributed by atoms with Gasteiger partial charge in [0.15, 0.2) is 5.13 Å². The van der Waals surface area contributed by atoms with Crippen molar-refractivity contribution in [3.8, 4) is 0 Å². The molecule has 0 bridgehead atoms. The first kappa shape index (κ1) is 4.55. The molecule has 1 aromatic heterocycles. The van der Waals surface area contributed by atoms with E-state index in [0.717, 1.165) is 0 Å². The molecule has 0 aliphatic heterocycles. The van der Waals surface area contributed by atoms with Gasteiger partial charge in [0.25, 0.3) is 0 Å². The molecule has 0 aromatic carbocycles. The van der Waals surface area contributed by atoms with E-state index in [1.807, 2.05) is 0 Å². The van der Waals surface area contributed by atoms with Crippen molar-refractivity contribution in [1.82, 2.24) is 4.98 Å². The lowest BCUT2D eigenvalue weighted by molar-refractivity contribution is 1.28. The number of rotatable bonds is 1. The van der Waals surface area contributed by atoms with Gasteiger partial charge in [0.1, 0.15) is 6.20 Å². The first-order chi connectivity index (χ1) is 3.43. The van der Waals surface area contributed by atoms with Gasteiger partial charge in [-0.3, -0.25) is 5.43 Å². The van der Waals surface area contributed by atoms with E-state index >= 15 is 0 Å². The van der Waals surface area contributed by atoms with Crippen molar-refractivity contribution in [2.24, 2.45) is 5.84 Å². The van der Waals surface area contributed by atoms with Crippen molar-refractivity contribution in [3.63, 3.8) is 0 Å². The third-order valence-electron chi connectivity index (χ3n) is 0.513. The normalized spacial score (nSPS) is 8.71. The number of nitrogens with one attached hydrogen (secondary N) is 1. The Labute approximate surface area is 45.2 Å². The molecule has 0 saturated carbocycles. The smallest absolute Gasteiger partial charge is 0.197 e. The van der Waals surface area contributed by atoms with E-state index in [9.17, 15) is 0 Å². The van der Waals surface area contributed by atoms with E-state index in [1.54, 1.807) is 5.38 Å². The van der Waals surface area contributed by atoms with Crippen LogP contribution < -0.4 is 11.3 Å². The highest BCUT2D eigenvalue weighted by atomic mass is 32.1. The highest BCUT2D eigenvalue weighted by Crippen LogP contribution is 2.05. The summed E-state index contributed by atoms with van der Waals surface area (Å²) in [5.74, 6) is 4.97. The number of hydrazine groups is 1. The largest absolute Gasteiger partial charge is 0.300 e. The van der Waals surface area contributed by atoms with Crippen LogP contribution >= 0.6 is 11.3 Å². The Morgan fingerprint density at radius 3 is 3.14 bits per heavy atom. The summed E-state index contributed by atoms with van der Waals surface area (Å²) >= 11 is 1.42. The molecular formula is C3H4N3S. The summed E-state index contributed by atoms with van der Waals surface area (Å²) in [4.78, 5) is 3.69. The zero-order valence-electron chi connectivity index (χ0n) is 3.51. The minimum atomic E-state index is 0.694. The standard InChI is InChI=1S/C3H4N3S/c4-6-3-5-1-2-7-3/h2H,4H2,(H,5,6). The van der Waals surface area contributed by atoms with Gasteiger partial charge in [0.2, 0.25) is 0 Å². The molecule has 0 spiro atoms. The van der Waals surface area contributed by atoms with E-state index in [4.69, 9.17) is 5.84 Å². The molecule has 0 fully saturated rings. The van der Waals surface area contributed by atoms with Crippen LogP contribution in [0.1, 0.15) is 0 Å². The van der Waals surface area contributed by atoms with Crippen molar-refractivity contribution in [1.29, 1.82) is 0 Å². The van der Waals surface area contributed by atoms with E-state index in [0.29, 0.717) is 5.13 Å². The quantitative estimate of drug-likeness (QED) is 0.406. The Kier molecular flexibility index (Phi) is 1.24. The lowest BCUT2D eigenvalue weighted by Crippen LogP contribution is -2.05. The first-order valence-corrected chi connectivity index (χ1v) is 2.59. The van der Waals surface area contributed by atoms with Crippen LogP contribution in [0, 0.1) is 6.20 Å². The Balaban J connectivity index is 2.76. The monoisotopic (exact) mass is 114 g/mol. The van der Waals surface area contributed by atoms with Gasteiger partial charge in [0, 0.05) is 5.38 Å². The fourth-order valence-corrected chi connectivity index (χ4v) is 0.650. The number of nitrogens with two attached hydrogens (primary N) is 1. The molecule has 1 aromatic rings. The lowest BCUT2D eigenvalue weighted by Gasteiger charge is -1.84. The molecule has 0 aliphatic rings. The predicted molar refractivity (Wildman–Crippen MR) is 28.8 cm³/mol. The van der Waals surface area contributed by atoms with Crippen LogP contribution in [0.3, 0.4) is 0 Å². The fraction of sp³-hybridized carbons (Fsp3) is 0. The third-order valence-corrected chi connectivity index (χ3v) is 1.17. The van der Waals surface area contributed by atoms with Gasteiger partial charge in [-0.05, 0) is 0 Å². The lowest BCUT2D eigenvalue weighted by atomic mass is 11.0. The van der Waals surface area contributed by atoms with Gasteiger partial charge in [-0.15, -0.1) is 11.3 Å². The van der Waals surface area contributed by atoms with Gasteiger partial charge in [-0.25, -0.2) is 10.8 Å². The molecule has 4 heteroatoms. The van der Waals surface area contributed by atoms with E-state index in [-0.39, 0.29) is 0 Å². The zero-order valence-corrected chi connectivity index (χ0v) is 4.33. The summed E-state index contributed by atoms with van der Waals surface area (Å²) in [5, 5.41) is 2.43. The number of anilines is 1. The average Bonchev–Trinajstić information content (AvgIpc) is 2.14. The summed E-state index contributed by atoms with van der Waals surface area (Å²) in [6.07, 6.45) is 2.61. The molecule has 37 valence electrons. The number of hydrogen-bond acceptors (Lipinski definition) is 4. The average molecular weight is 114 g/mol. The summed E-state index contributed by atoms with van der Waals surface area (Å²) in [6, 6.07) is 0. The van der Waals surface area contributed by atoms with Gasteiger partial charge in [-0.2, -0.15) is 0 Å². The highest BCUT2D eigenvalue weighted by molar-refractivity contribution is 7.13. The Hall–Kier alpha value is -0.610. The van der Waals surface area contributed by atoms with Crippen molar-refractivity contribution >= 4 is 16.5 Å². The molecule has 0 amide bonds. The van der Waals surface area contributed by atoms with E-state index < -0.39 is 0 Å². The summed E-state index contributed by atoms with van der Waals surface area (Å²) in [7, 11) is 0. The predicted octanol–water partition coefficient (Wildman–Crippen LogP) is 0.229. The van der Waals surface area contributed by atoms with Gasteiger partial charge in [-0.1, -0.05) is 0 Å². The molecule has 3 nitrogen and oxygen atoms in total. The minimum absolute atomic E-state index is 0.694. The van der Waals surface area contributed by atoms with Crippen LogP contribution in [-0.4, -0.2) is 4.98 Å². The summed E-state index contributed by atoms with van der Waals surface area (Å²) in [6.45, 7) is 0. The molecule has 0 atom stereocenters. The highest BCUT2D eigenvalue weighted by Gasteiger charge is 1.84. The first-order valence-electron chi connectivity index (χ1n) is 1.71. The number of nitrogens with zero attached hydrogens (tertiary/aromatic N) is 1. The molecule has 1 heterocycles. The molecule has 3 N–H and O–H groups in total. The van der Waals surface area contributed by atoms with Crippen LogP contribution in [0.15, 0.2) is 5.38 Å². The topological polar surface area (TPSA) is 50.9 Å². The number of thiazole rings is 1. The fourth-order valence-electron chi connectivity index (χ4n) is 0.260. The second-order valence-electron chi connectivity index (χ2n) is 0.926. The van der Waals surface area contributed by atoms with Gasteiger partial charge >= 0.3 is 0 Å². The maximum atomic E-state index is 4.97. The maximum absolute atomic E-state index is 4.97. The van der Waals surface area contributed by atoms with Crippen LogP contribution in [0.25, 0.3) is 0 Å². The van der Waals surface area contributed by atoms with Gasteiger partial charge < -0.3 is 0 Å². The number of aromatic nitrogens is 1. The van der Waals surface area contributed by atoms with Crippen molar-refractivity contribution < 1.29 is 0 Å². The van der Waals surface area contributed by atoms with Crippen LogP contribution in [0.4, 0.5) is 5.13 Å². The second kappa shape index (κ2) is 1.90. The molecule has 1 radical (unpaired) electrons. The Morgan fingerprint density at radius 1 is 2.00 bits per heavy atom. The van der Waals surface area contributed by atoms with E-state index in [1.165, 1.54) is 11.3 Å². The second-order valence-corrected chi connectivity index (χ2v) is 1.78. The van der Waals surface area contributed by atoms with E-state index in [2.05, 4.69) is 16.6 Å². The van der Waals surface area contributed by atoms with Crippen LogP contribution in [0.2, 0.25) is 0 Å². The molecular weight excluding hydrogens is 110 g/mol. The van der Waals surface area contributed by atoms with Crippen molar-refractivity contribution in [3.05, 3.63) is 11.6 Å². The third kappa shape index (κ3) is 0.880. The van der Waals surface area contributed by atoms with Crippen molar-refractivity contribution in [2.75, 3.05) is 5.43 Å². The SMILES string of the molecule is NNc1n[c]cs1. The molecule has 7 heavy (non-hydrogen) atoms. The van der Waals surface area contributed by atoms with Crippen LogP contribution in [-0.2, 0) is 0 Å². The Morgan fingerprint density at radius 2 is 2.86 bits per heavy atom. The van der Waals surface area contributed by atoms with Crippen LogP contribution in [0.5, 0.6) is 0 Å². The molecule has 0 aliphatic carbocycles. The molecule has 0 saturated heterocycles. The van der Waals surface area contributed by atoms with Gasteiger partial charge in [0.05, 0.1) is 0 Å². The maximum Gasteiger partial charge on any atom is 0.197 e. The van der Waals surface area contributed by atoms with Crippen molar-refractivity contribution in [2.45, 2.75) is 0 Å². The summed E-state index contributed by atoms with van der Waals surface area (Å²) < 4.78 is 0. The minimum Gasteiger partial charge on any atom is -0.300 e. The number of hydrogen-bond donors (Lipinski definition) is 2. The number of nitrogen functional groups attached to an aromatic ring is 1. The summed E-state index contributed by atoms with van der Waals surface area (Å²) in [5.41, 5.74) is 2.38. The zero-order chi connectivity index (χ0) is 5.11. The Bertz CT molecular complexity index is 125.